The van der Waals surface area contributed by atoms with Crippen molar-refractivity contribution in [3.05, 3.63) is 29.6 Å². The Bertz CT molecular complexity index is 450. The van der Waals surface area contributed by atoms with E-state index < -0.39 is 11.7 Å². The van der Waals surface area contributed by atoms with E-state index in [0.29, 0.717) is 13.0 Å². The van der Waals surface area contributed by atoms with Crippen LogP contribution in [0.25, 0.3) is 0 Å². The average molecular weight is 253 g/mol. The first-order valence-electron chi connectivity index (χ1n) is 6.01. The number of phenols is 1. The van der Waals surface area contributed by atoms with Gasteiger partial charge in [-0.25, -0.2) is 4.39 Å². The molecule has 3 N–H and O–H groups in total. The second-order valence-corrected chi connectivity index (χ2v) is 4.70. The summed E-state index contributed by atoms with van der Waals surface area (Å²) in [5, 5.41) is 21.5. The zero-order valence-corrected chi connectivity index (χ0v) is 9.90. The summed E-state index contributed by atoms with van der Waals surface area (Å²) in [5.74, 6) is -1.04. The highest BCUT2D eigenvalue weighted by Crippen LogP contribution is 2.25. The summed E-state index contributed by atoms with van der Waals surface area (Å²) >= 11 is 0. The molecule has 18 heavy (non-hydrogen) atoms. The van der Waals surface area contributed by atoms with Gasteiger partial charge in [-0.1, -0.05) is 0 Å². The summed E-state index contributed by atoms with van der Waals surface area (Å²) < 4.78 is 13.0. The van der Waals surface area contributed by atoms with Gasteiger partial charge in [0.05, 0.1) is 11.7 Å². The van der Waals surface area contributed by atoms with Crippen molar-refractivity contribution in [3.63, 3.8) is 0 Å². The van der Waals surface area contributed by atoms with Crippen LogP contribution in [0.5, 0.6) is 5.75 Å². The van der Waals surface area contributed by atoms with Gasteiger partial charge in [-0.15, -0.1) is 0 Å². The molecule has 2 atom stereocenters. The fourth-order valence-electron chi connectivity index (χ4n) is 2.26. The minimum atomic E-state index is -0.561. The third-order valence-electron chi connectivity index (χ3n) is 3.27. The lowest BCUT2D eigenvalue weighted by Crippen LogP contribution is -2.28. The topological polar surface area (TPSA) is 69.6 Å². The van der Waals surface area contributed by atoms with Crippen molar-refractivity contribution in [2.45, 2.75) is 25.4 Å². The highest BCUT2D eigenvalue weighted by atomic mass is 19.1. The third-order valence-corrected chi connectivity index (χ3v) is 3.27. The van der Waals surface area contributed by atoms with Gasteiger partial charge in [0.1, 0.15) is 11.6 Å². The molecule has 1 fully saturated rings. The lowest BCUT2D eigenvalue weighted by atomic mass is 10.1. The largest absolute Gasteiger partial charge is 0.507 e. The maximum atomic E-state index is 13.0. The van der Waals surface area contributed by atoms with E-state index in [0.717, 1.165) is 31.0 Å². The van der Waals surface area contributed by atoms with E-state index in [9.17, 15) is 19.4 Å². The normalized spacial score (nSPS) is 23.0. The number of rotatable bonds is 3. The Labute approximate surface area is 104 Å². The van der Waals surface area contributed by atoms with E-state index in [1.807, 2.05) is 0 Å². The van der Waals surface area contributed by atoms with Crippen LogP contribution in [-0.2, 0) is 0 Å². The maximum Gasteiger partial charge on any atom is 0.255 e. The van der Waals surface area contributed by atoms with Crippen LogP contribution in [-0.4, -0.2) is 28.8 Å². The molecular formula is C13H16FNO3. The van der Waals surface area contributed by atoms with Crippen LogP contribution < -0.4 is 5.32 Å². The summed E-state index contributed by atoms with van der Waals surface area (Å²) in [6.45, 7) is 0.436. The number of carbonyl (C=O) groups excluding carboxylic acids is 1. The van der Waals surface area contributed by atoms with Crippen LogP contribution in [0, 0.1) is 11.7 Å². The van der Waals surface area contributed by atoms with Crippen molar-refractivity contribution in [2.24, 2.45) is 5.92 Å². The molecule has 98 valence electrons. The van der Waals surface area contributed by atoms with Crippen LogP contribution in [0.15, 0.2) is 18.2 Å². The fraction of sp³-hybridized carbons (Fsp3) is 0.462. The van der Waals surface area contributed by atoms with Crippen molar-refractivity contribution >= 4 is 5.91 Å². The number of phenolic OH excluding ortho intramolecular Hbond substituents is 1. The van der Waals surface area contributed by atoms with Crippen LogP contribution >= 0.6 is 0 Å². The highest BCUT2D eigenvalue weighted by molar-refractivity contribution is 5.96. The number of nitrogens with one attached hydrogen (secondary N) is 1. The molecule has 1 amide bonds. The van der Waals surface area contributed by atoms with Gasteiger partial charge in [0.25, 0.3) is 5.91 Å². The third kappa shape index (κ3) is 2.98. The number of hydrogen-bond acceptors (Lipinski definition) is 3. The number of aromatic hydroxyl groups is 1. The van der Waals surface area contributed by atoms with Gasteiger partial charge in [0.15, 0.2) is 0 Å². The minimum absolute atomic E-state index is 0.0615. The van der Waals surface area contributed by atoms with Crippen molar-refractivity contribution in [1.82, 2.24) is 5.32 Å². The number of carbonyl (C=O) groups is 1. The van der Waals surface area contributed by atoms with E-state index in [4.69, 9.17) is 0 Å². The predicted molar refractivity (Wildman–Crippen MR) is 63.7 cm³/mol. The van der Waals surface area contributed by atoms with Crippen molar-refractivity contribution in [1.29, 1.82) is 0 Å². The Morgan fingerprint density at radius 1 is 1.44 bits per heavy atom. The molecule has 0 aliphatic heterocycles. The summed E-state index contributed by atoms with van der Waals surface area (Å²) in [7, 11) is 0. The van der Waals surface area contributed by atoms with Crippen LogP contribution in [0.2, 0.25) is 0 Å². The number of benzene rings is 1. The smallest absolute Gasteiger partial charge is 0.255 e. The molecule has 0 saturated heterocycles. The Morgan fingerprint density at radius 3 is 2.89 bits per heavy atom. The zero-order chi connectivity index (χ0) is 13.1. The molecule has 5 heteroatoms. The van der Waals surface area contributed by atoms with Gasteiger partial charge < -0.3 is 15.5 Å². The molecule has 2 rings (SSSR count). The molecule has 0 heterocycles. The molecule has 0 spiro atoms. The number of hydrogen-bond donors (Lipinski definition) is 3. The summed E-state index contributed by atoms with van der Waals surface area (Å²) in [6.07, 6.45) is 2.02. The molecule has 1 saturated carbocycles. The zero-order valence-electron chi connectivity index (χ0n) is 9.90. The highest BCUT2D eigenvalue weighted by Gasteiger charge is 2.23. The number of amides is 1. The molecule has 1 aliphatic carbocycles. The van der Waals surface area contributed by atoms with Gasteiger partial charge in [0, 0.05) is 6.54 Å². The Kier molecular flexibility index (Phi) is 3.81. The second-order valence-electron chi connectivity index (χ2n) is 4.70. The molecular weight excluding hydrogens is 237 g/mol. The van der Waals surface area contributed by atoms with E-state index in [1.54, 1.807) is 0 Å². The molecule has 1 aromatic carbocycles. The SMILES string of the molecule is O=C(NCC1CCC(O)C1)c1cc(F)ccc1O. The van der Waals surface area contributed by atoms with E-state index in [2.05, 4.69) is 5.32 Å². The average Bonchev–Trinajstić information content (AvgIpc) is 2.75. The number of halogens is 1. The molecule has 1 aliphatic rings. The minimum Gasteiger partial charge on any atom is -0.507 e. The molecule has 4 nitrogen and oxygen atoms in total. The van der Waals surface area contributed by atoms with E-state index >= 15 is 0 Å². The molecule has 0 bridgehead atoms. The lowest BCUT2D eigenvalue weighted by molar-refractivity contribution is 0.0942. The summed E-state index contributed by atoms with van der Waals surface area (Å²) in [4.78, 5) is 11.8. The molecule has 0 aromatic heterocycles. The van der Waals surface area contributed by atoms with Crippen molar-refractivity contribution < 1.29 is 19.4 Å². The maximum absolute atomic E-state index is 13.0. The van der Waals surface area contributed by atoms with Crippen molar-refractivity contribution in [2.75, 3.05) is 6.54 Å². The Morgan fingerprint density at radius 2 is 2.22 bits per heavy atom. The second kappa shape index (κ2) is 5.35. The predicted octanol–water partition coefficient (Wildman–Crippen LogP) is 1.42. The van der Waals surface area contributed by atoms with Crippen LogP contribution in [0.3, 0.4) is 0 Å². The van der Waals surface area contributed by atoms with E-state index in [-0.39, 0.29) is 23.3 Å². The molecule has 1 aromatic rings. The first kappa shape index (κ1) is 12.8. The lowest BCUT2D eigenvalue weighted by Gasteiger charge is -2.11. The van der Waals surface area contributed by atoms with Gasteiger partial charge in [-0.2, -0.15) is 0 Å². The molecule has 0 radical (unpaired) electrons. The van der Waals surface area contributed by atoms with Gasteiger partial charge in [-0.3, -0.25) is 4.79 Å². The quantitative estimate of drug-likeness (QED) is 0.763. The Balaban J connectivity index is 1.93. The van der Waals surface area contributed by atoms with Crippen LogP contribution in [0.4, 0.5) is 4.39 Å². The first-order chi connectivity index (χ1) is 8.56. The Hall–Kier alpha value is -1.62. The monoisotopic (exact) mass is 253 g/mol. The van der Waals surface area contributed by atoms with Gasteiger partial charge in [-0.05, 0) is 43.4 Å². The van der Waals surface area contributed by atoms with E-state index in [1.165, 1.54) is 0 Å². The van der Waals surface area contributed by atoms with Crippen LogP contribution in [0.1, 0.15) is 29.6 Å². The first-order valence-corrected chi connectivity index (χ1v) is 6.01. The van der Waals surface area contributed by atoms with Gasteiger partial charge in [0.2, 0.25) is 0 Å². The number of aliphatic hydroxyl groups excluding tert-OH is 1. The van der Waals surface area contributed by atoms with Crippen molar-refractivity contribution in [3.8, 4) is 5.75 Å². The summed E-state index contributed by atoms with van der Waals surface area (Å²) in [6, 6.07) is 3.26. The summed E-state index contributed by atoms with van der Waals surface area (Å²) in [5.41, 5.74) is -0.0615. The fourth-order valence-corrected chi connectivity index (χ4v) is 2.26. The standard InChI is InChI=1S/C13H16FNO3/c14-9-2-4-12(17)11(6-9)13(18)15-7-8-1-3-10(16)5-8/h2,4,6,8,10,16-17H,1,3,5,7H2,(H,15,18). The number of aliphatic hydroxyl groups is 1. The van der Waals surface area contributed by atoms with Gasteiger partial charge >= 0.3 is 0 Å². The molecule has 2 unspecified atom stereocenters.